The van der Waals surface area contributed by atoms with Gasteiger partial charge in [-0.15, -0.1) is 11.3 Å². The Hall–Kier alpha value is -0.760. The number of alkyl halides is 3. The van der Waals surface area contributed by atoms with E-state index in [1.165, 1.54) is 0 Å². The van der Waals surface area contributed by atoms with Crippen molar-refractivity contribution in [1.82, 2.24) is 4.98 Å². The van der Waals surface area contributed by atoms with Gasteiger partial charge in [0.1, 0.15) is 0 Å². The molecule has 90 valence electrons. The molecule has 0 aliphatic carbocycles. The molecular formula is C8H9F3N2OS2. The molecule has 0 aromatic carbocycles. The van der Waals surface area contributed by atoms with Gasteiger partial charge in [-0.2, -0.15) is 13.2 Å². The third-order valence-electron chi connectivity index (χ3n) is 1.57. The van der Waals surface area contributed by atoms with Gasteiger partial charge < -0.3 is 5.73 Å². The van der Waals surface area contributed by atoms with Crippen molar-refractivity contribution in [3.63, 3.8) is 0 Å². The van der Waals surface area contributed by atoms with E-state index in [2.05, 4.69) is 4.98 Å². The smallest absolute Gasteiger partial charge is 0.369 e. The topological polar surface area (TPSA) is 56.0 Å². The molecule has 0 aliphatic heterocycles. The van der Waals surface area contributed by atoms with Crippen molar-refractivity contribution >= 4 is 29.0 Å². The number of aryl methyl sites for hydroxylation is 1. The fourth-order valence-electron chi connectivity index (χ4n) is 0.929. The minimum absolute atomic E-state index is 0.0239. The van der Waals surface area contributed by atoms with E-state index in [0.717, 1.165) is 11.3 Å². The van der Waals surface area contributed by atoms with Gasteiger partial charge in [0.25, 0.3) is 0 Å². The van der Waals surface area contributed by atoms with Crippen LogP contribution in [0, 0.1) is 6.92 Å². The van der Waals surface area contributed by atoms with Crippen molar-refractivity contribution in [2.45, 2.75) is 23.9 Å². The first kappa shape index (κ1) is 13.3. The number of rotatable bonds is 4. The summed E-state index contributed by atoms with van der Waals surface area (Å²) in [7, 11) is 0. The highest BCUT2D eigenvalue weighted by molar-refractivity contribution is 8.01. The molecule has 0 radical (unpaired) electrons. The molecule has 2 N–H and O–H groups in total. The van der Waals surface area contributed by atoms with Crippen molar-refractivity contribution in [1.29, 1.82) is 0 Å². The van der Waals surface area contributed by atoms with Crippen LogP contribution in [-0.4, -0.2) is 22.8 Å². The summed E-state index contributed by atoms with van der Waals surface area (Å²) in [5.41, 5.74) is 5.56. The summed E-state index contributed by atoms with van der Waals surface area (Å²) in [5, 5.41) is 0. The number of aromatic nitrogens is 1. The van der Waals surface area contributed by atoms with Crippen molar-refractivity contribution < 1.29 is 18.0 Å². The Morgan fingerprint density at radius 2 is 2.19 bits per heavy atom. The number of carbonyl (C=O) groups is 1. The molecule has 1 amide bonds. The molecule has 0 atom stereocenters. The Morgan fingerprint density at radius 3 is 2.69 bits per heavy atom. The van der Waals surface area contributed by atoms with Crippen LogP contribution in [0.3, 0.4) is 0 Å². The molecule has 0 saturated carbocycles. The Bertz CT molecular complexity index is 389. The number of thiazole rings is 1. The van der Waals surface area contributed by atoms with Gasteiger partial charge in [-0.3, -0.25) is 4.79 Å². The highest BCUT2D eigenvalue weighted by Gasteiger charge is 2.28. The molecule has 1 aromatic heterocycles. The number of hydrogen-bond donors (Lipinski definition) is 1. The molecule has 0 spiro atoms. The van der Waals surface area contributed by atoms with Gasteiger partial charge in [0.05, 0.1) is 17.9 Å². The van der Waals surface area contributed by atoms with Gasteiger partial charge in [-0.05, 0) is 6.92 Å². The third-order valence-corrected chi connectivity index (χ3v) is 3.93. The summed E-state index contributed by atoms with van der Waals surface area (Å²) in [6, 6.07) is 0. The van der Waals surface area contributed by atoms with Crippen LogP contribution >= 0.6 is 23.1 Å². The van der Waals surface area contributed by atoms with E-state index in [9.17, 15) is 18.0 Å². The first-order chi connectivity index (χ1) is 7.28. The fourth-order valence-corrected chi connectivity index (χ4v) is 2.93. The van der Waals surface area contributed by atoms with Crippen LogP contribution in [0.4, 0.5) is 13.2 Å². The number of carbonyl (C=O) groups excluding carboxylic acids is 1. The maximum absolute atomic E-state index is 11.9. The van der Waals surface area contributed by atoms with Gasteiger partial charge in [0.15, 0.2) is 4.34 Å². The quantitative estimate of drug-likeness (QED) is 0.853. The summed E-state index contributed by atoms with van der Waals surface area (Å²) in [6.45, 7) is 1.65. The lowest BCUT2D eigenvalue weighted by atomic mass is 10.3. The number of amides is 1. The minimum atomic E-state index is -4.21. The number of nitrogens with two attached hydrogens (primary N) is 1. The van der Waals surface area contributed by atoms with Crippen LogP contribution in [0.15, 0.2) is 4.34 Å². The standard InChI is InChI=1S/C8H9F3N2OS2/c1-4-5(2-6(12)14)16-7(13-4)15-3-8(9,10)11/h2-3H2,1H3,(H2,12,14). The van der Waals surface area contributed by atoms with Crippen molar-refractivity contribution in [3.05, 3.63) is 10.6 Å². The minimum Gasteiger partial charge on any atom is -0.369 e. The molecule has 0 aliphatic rings. The first-order valence-corrected chi connectivity index (χ1v) is 6.02. The van der Waals surface area contributed by atoms with Gasteiger partial charge in [0, 0.05) is 4.88 Å². The van der Waals surface area contributed by atoms with Crippen LogP contribution < -0.4 is 5.73 Å². The lowest BCUT2D eigenvalue weighted by molar-refractivity contribution is -0.117. The Kier molecular flexibility index (Phi) is 4.20. The average Bonchev–Trinajstić information content (AvgIpc) is 2.42. The lowest BCUT2D eigenvalue weighted by Crippen LogP contribution is -2.13. The van der Waals surface area contributed by atoms with Crippen molar-refractivity contribution in [3.8, 4) is 0 Å². The number of primary amides is 1. The van der Waals surface area contributed by atoms with Gasteiger partial charge in [-0.25, -0.2) is 4.98 Å². The predicted molar refractivity (Wildman–Crippen MR) is 56.5 cm³/mol. The molecule has 1 aromatic rings. The molecule has 16 heavy (non-hydrogen) atoms. The largest absolute Gasteiger partial charge is 0.398 e. The molecule has 8 heteroatoms. The number of halogens is 3. The lowest BCUT2D eigenvalue weighted by Gasteiger charge is -2.02. The molecule has 1 heterocycles. The normalized spacial score (nSPS) is 11.8. The second-order valence-electron chi connectivity index (χ2n) is 3.04. The summed E-state index contributed by atoms with van der Waals surface area (Å²) < 4.78 is 36.1. The van der Waals surface area contributed by atoms with Crippen LogP contribution in [-0.2, 0) is 11.2 Å². The van der Waals surface area contributed by atoms with E-state index in [4.69, 9.17) is 5.73 Å². The zero-order valence-corrected chi connectivity index (χ0v) is 9.93. The zero-order valence-electron chi connectivity index (χ0n) is 8.30. The van der Waals surface area contributed by atoms with Crippen LogP contribution in [0.5, 0.6) is 0 Å². The molecular weight excluding hydrogens is 261 g/mol. The maximum atomic E-state index is 11.9. The van der Waals surface area contributed by atoms with E-state index in [1.807, 2.05) is 0 Å². The highest BCUT2D eigenvalue weighted by atomic mass is 32.2. The van der Waals surface area contributed by atoms with Crippen molar-refractivity contribution in [2.75, 3.05) is 5.75 Å². The van der Waals surface area contributed by atoms with Crippen LogP contribution in [0.25, 0.3) is 0 Å². The van der Waals surface area contributed by atoms with Gasteiger partial charge in [0.2, 0.25) is 5.91 Å². The summed E-state index contributed by atoms with van der Waals surface area (Å²) in [4.78, 5) is 15.2. The molecule has 1 rings (SSSR count). The average molecular weight is 270 g/mol. The van der Waals surface area contributed by atoms with Gasteiger partial charge >= 0.3 is 6.18 Å². The monoisotopic (exact) mass is 270 g/mol. The van der Waals surface area contributed by atoms with E-state index in [1.54, 1.807) is 6.92 Å². The number of thioether (sulfide) groups is 1. The highest BCUT2D eigenvalue weighted by Crippen LogP contribution is 2.31. The van der Waals surface area contributed by atoms with Crippen molar-refractivity contribution in [2.24, 2.45) is 5.73 Å². The zero-order chi connectivity index (χ0) is 12.3. The summed E-state index contributed by atoms with van der Waals surface area (Å²) >= 11 is 1.70. The molecule has 0 saturated heterocycles. The molecule has 0 unspecified atom stereocenters. The molecule has 0 fully saturated rings. The van der Waals surface area contributed by atoms with E-state index < -0.39 is 17.8 Å². The molecule has 3 nitrogen and oxygen atoms in total. The number of hydrogen-bond acceptors (Lipinski definition) is 4. The summed E-state index contributed by atoms with van der Waals surface area (Å²) in [6.07, 6.45) is -4.19. The summed E-state index contributed by atoms with van der Waals surface area (Å²) in [5.74, 6) is -1.49. The van der Waals surface area contributed by atoms with E-state index in [-0.39, 0.29) is 6.42 Å². The fraction of sp³-hybridized carbons (Fsp3) is 0.500. The SMILES string of the molecule is Cc1nc(SCC(F)(F)F)sc1CC(N)=O. The Balaban J connectivity index is 2.66. The Labute approximate surface area is 98.2 Å². The molecule has 0 bridgehead atoms. The third kappa shape index (κ3) is 4.40. The predicted octanol–water partition coefficient (Wildman–Crippen LogP) is 2.13. The number of nitrogens with zero attached hydrogens (tertiary/aromatic N) is 1. The van der Waals surface area contributed by atoms with E-state index >= 15 is 0 Å². The first-order valence-electron chi connectivity index (χ1n) is 4.22. The Morgan fingerprint density at radius 1 is 1.56 bits per heavy atom. The van der Waals surface area contributed by atoms with Gasteiger partial charge in [-0.1, -0.05) is 11.8 Å². The van der Waals surface area contributed by atoms with Crippen LogP contribution in [0.2, 0.25) is 0 Å². The van der Waals surface area contributed by atoms with E-state index in [0.29, 0.717) is 26.7 Å². The maximum Gasteiger partial charge on any atom is 0.398 e. The van der Waals surface area contributed by atoms with Crippen LogP contribution in [0.1, 0.15) is 10.6 Å². The second-order valence-corrected chi connectivity index (χ2v) is 5.34. The second kappa shape index (κ2) is 5.05.